The fourth-order valence-corrected chi connectivity index (χ4v) is 7.31. The van der Waals surface area contributed by atoms with Gasteiger partial charge < -0.3 is 30.3 Å². The van der Waals surface area contributed by atoms with Gasteiger partial charge >= 0.3 is 0 Å². The van der Waals surface area contributed by atoms with Gasteiger partial charge in [0.25, 0.3) is 0 Å². The molecule has 3 heterocycles. The van der Waals surface area contributed by atoms with Crippen LogP contribution in [-0.4, -0.2) is 77.8 Å². The third-order valence-electron chi connectivity index (χ3n) is 9.17. The molecule has 9 nitrogen and oxygen atoms in total. The Morgan fingerprint density at radius 3 is 2.35 bits per heavy atom. The summed E-state index contributed by atoms with van der Waals surface area (Å²) in [4.78, 5) is 45.3. The third kappa shape index (κ3) is 4.45. The molecule has 0 aromatic heterocycles. The van der Waals surface area contributed by atoms with Crippen LogP contribution >= 0.6 is 0 Å². The molecule has 214 valence electrons. The van der Waals surface area contributed by atoms with E-state index in [9.17, 15) is 19.5 Å². The van der Waals surface area contributed by atoms with Gasteiger partial charge in [0.1, 0.15) is 11.6 Å². The van der Waals surface area contributed by atoms with Gasteiger partial charge in [-0.1, -0.05) is 30.3 Å². The number of benzene rings is 2. The molecule has 2 aromatic carbocycles. The minimum atomic E-state index is -1.15. The fraction of sp³-hybridized carbons (Fsp3) is 0.516. The monoisotopic (exact) mass is 548 g/mol. The zero-order valence-electron chi connectivity index (χ0n) is 23.7. The second kappa shape index (κ2) is 10.9. The molecular formula is C31H40N4O5. The number of nitrogens with zero attached hydrogens (tertiary/aromatic N) is 2. The Hall–Kier alpha value is -3.43. The Morgan fingerprint density at radius 1 is 1.07 bits per heavy atom. The molecule has 3 aliphatic rings. The first-order valence-corrected chi connectivity index (χ1v) is 14.3. The molecule has 2 bridgehead atoms. The van der Waals surface area contributed by atoms with Gasteiger partial charge in [0.2, 0.25) is 17.7 Å². The average Bonchev–Trinajstić information content (AvgIpc) is 3.54. The highest BCUT2D eigenvalue weighted by atomic mass is 16.5. The van der Waals surface area contributed by atoms with Gasteiger partial charge in [-0.2, -0.15) is 0 Å². The fourth-order valence-electron chi connectivity index (χ4n) is 7.31. The molecule has 1 spiro atoms. The lowest BCUT2D eigenvalue weighted by atomic mass is 9.66. The van der Waals surface area contributed by atoms with Crippen LogP contribution in [0, 0.1) is 11.8 Å². The van der Waals surface area contributed by atoms with Crippen molar-refractivity contribution in [3.8, 4) is 0 Å². The number of anilines is 2. The van der Waals surface area contributed by atoms with Crippen molar-refractivity contribution in [2.45, 2.75) is 63.3 Å². The minimum absolute atomic E-state index is 0.265. The van der Waals surface area contributed by atoms with Gasteiger partial charge in [0.15, 0.2) is 0 Å². The zero-order chi connectivity index (χ0) is 28.7. The van der Waals surface area contributed by atoms with E-state index in [1.54, 1.807) is 7.05 Å². The number of likely N-dealkylation sites (tertiary alicyclic amines) is 1. The summed E-state index contributed by atoms with van der Waals surface area (Å²) >= 11 is 0. The summed E-state index contributed by atoms with van der Waals surface area (Å²) in [7, 11) is 1.56. The number of carbonyl (C=O) groups is 3. The molecule has 3 fully saturated rings. The zero-order valence-corrected chi connectivity index (χ0v) is 23.7. The molecule has 3 N–H and O–H groups in total. The summed E-state index contributed by atoms with van der Waals surface area (Å²) in [5.41, 5.74) is 0.610. The number of rotatable bonds is 10. The van der Waals surface area contributed by atoms with E-state index in [1.165, 1.54) is 4.90 Å². The Balaban J connectivity index is 1.52. The standard InChI is InChI=1S/C31H40N4O5/c1-5-34(6-2)22-14-12-21(13-15-22)33-28(38)26-31-17-16-30(3,40-31)24(27(37)32-4)25(31)29(39)35(26)23(19-36)18-20-10-8-7-9-11-20/h7-15,23-26,36H,5-6,16-19H2,1-4H3,(H,32,37)(H,33,38)/t23-,24+,25+,26?,30-,31?/m1/s1. The lowest BCUT2D eigenvalue weighted by molar-refractivity contribution is -0.147. The van der Waals surface area contributed by atoms with Crippen molar-refractivity contribution in [1.82, 2.24) is 10.2 Å². The summed E-state index contributed by atoms with van der Waals surface area (Å²) in [6.45, 7) is 7.47. The van der Waals surface area contributed by atoms with Crippen molar-refractivity contribution < 1.29 is 24.2 Å². The van der Waals surface area contributed by atoms with Crippen molar-refractivity contribution in [1.29, 1.82) is 0 Å². The normalized spacial score (nSPS) is 29.3. The van der Waals surface area contributed by atoms with E-state index in [-0.39, 0.29) is 24.3 Å². The Labute approximate surface area is 235 Å². The molecule has 6 atom stereocenters. The predicted octanol–water partition coefficient (Wildman–Crippen LogP) is 2.59. The second-order valence-corrected chi connectivity index (χ2v) is 11.3. The molecule has 40 heavy (non-hydrogen) atoms. The van der Waals surface area contributed by atoms with Crippen LogP contribution < -0.4 is 15.5 Å². The van der Waals surface area contributed by atoms with E-state index in [1.807, 2.05) is 61.5 Å². The first-order valence-electron chi connectivity index (χ1n) is 14.3. The Kier molecular flexibility index (Phi) is 7.63. The molecule has 5 rings (SSSR count). The second-order valence-electron chi connectivity index (χ2n) is 11.3. The van der Waals surface area contributed by atoms with Crippen molar-refractivity contribution >= 4 is 29.1 Å². The van der Waals surface area contributed by atoms with Gasteiger partial charge in [0.05, 0.1) is 30.1 Å². The minimum Gasteiger partial charge on any atom is -0.394 e. The lowest BCUT2D eigenvalue weighted by Crippen LogP contribution is -2.57. The summed E-state index contributed by atoms with van der Waals surface area (Å²) in [6.07, 6.45) is 1.41. The quantitative estimate of drug-likeness (QED) is 0.421. The molecule has 3 aliphatic heterocycles. The van der Waals surface area contributed by atoms with Crippen LogP contribution in [0.3, 0.4) is 0 Å². The SMILES string of the molecule is CCN(CC)c1ccc(NC(=O)C2N([C@@H](CO)Cc3ccccc3)C(=O)[C@@H]3[C@@H](C(=O)NC)[C@@]4(C)CCC23O4)cc1. The molecule has 0 radical (unpaired) electrons. The average molecular weight is 549 g/mol. The van der Waals surface area contributed by atoms with Crippen LogP contribution in [0.2, 0.25) is 0 Å². The van der Waals surface area contributed by atoms with Gasteiger partial charge in [-0.15, -0.1) is 0 Å². The maximum Gasteiger partial charge on any atom is 0.250 e. The Morgan fingerprint density at radius 2 is 1.75 bits per heavy atom. The maximum absolute atomic E-state index is 14.3. The lowest BCUT2D eigenvalue weighted by Gasteiger charge is -2.37. The van der Waals surface area contributed by atoms with Crippen molar-refractivity contribution in [2.75, 3.05) is 37.0 Å². The van der Waals surface area contributed by atoms with Crippen molar-refractivity contribution in [2.24, 2.45) is 11.8 Å². The number of hydrogen-bond acceptors (Lipinski definition) is 6. The number of nitrogens with one attached hydrogen (secondary N) is 2. The van der Waals surface area contributed by atoms with Crippen LogP contribution in [0.25, 0.3) is 0 Å². The molecule has 0 aliphatic carbocycles. The summed E-state index contributed by atoms with van der Waals surface area (Å²) in [6, 6.07) is 15.6. The first kappa shape index (κ1) is 28.1. The van der Waals surface area contributed by atoms with Crippen molar-refractivity contribution in [3.63, 3.8) is 0 Å². The smallest absolute Gasteiger partial charge is 0.250 e. The molecule has 9 heteroatoms. The molecular weight excluding hydrogens is 508 g/mol. The van der Waals surface area contributed by atoms with E-state index in [0.29, 0.717) is 24.9 Å². The van der Waals surface area contributed by atoms with Crippen LogP contribution in [0.1, 0.15) is 39.2 Å². The van der Waals surface area contributed by atoms with Gasteiger partial charge in [-0.3, -0.25) is 14.4 Å². The molecule has 3 amide bonds. The number of aliphatic hydroxyl groups is 1. The number of ether oxygens (including phenoxy) is 1. The van der Waals surface area contributed by atoms with Crippen LogP contribution in [0.15, 0.2) is 54.6 Å². The summed E-state index contributed by atoms with van der Waals surface area (Å²) in [5.74, 6) is -2.48. The van der Waals surface area contributed by atoms with Crippen molar-refractivity contribution in [3.05, 3.63) is 60.2 Å². The van der Waals surface area contributed by atoms with E-state index < -0.39 is 35.1 Å². The van der Waals surface area contributed by atoms with E-state index in [4.69, 9.17) is 4.74 Å². The third-order valence-corrected chi connectivity index (χ3v) is 9.17. The number of amides is 3. The Bertz CT molecular complexity index is 1250. The van der Waals surface area contributed by atoms with Gasteiger partial charge in [-0.25, -0.2) is 0 Å². The molecule has 2 aromatic rings. The molecule has 3 saturated heterocycles. The summed E-state index contributed by atoms with van der Waals surface area (Å²) < 4.78 is 6.63. The highest BCUT2D eigenvalue weighted by Gasteiger charge is 2.78. The van der Waals surface area contributed by atoms with Crippen LogP contribution in [0.5, 0.6) is 0 Å². The number of hydrogen-bond donors (Lipinski definition) is 3. The predicted molar refractivity (Wildman–Crippen MR) is 153 cm³/mol. The number of fused-ring (bicyclic) bond motifs is 1. The molecule has 2 unspecified atom stereocenters. The van der Waals surface area contributed by atoms with Crippen LogP contribution in [0.4, 0.5) is 11.4 Å². The number of aliphatic hydroxyl groups excluding tert-OH is 1. The van der Waals surface area contributed by atoms with Gasteiger partial charge in [-0.05, 0) is 69.9 Å². The van der Waals surface area contributed by atoms with E-state index in [0.717, 1.165) is 24.3 Å². The van der Waals surface area contributed by atoms with E-state index in [2.05, 4.69) is 29.4 Å². The highest BCUT2D eigenvalue weighted by Crippen LogP contribution is 2.63. The van der Waals surface area contributed by atoms with Gasteiger partial charge in [0, 0.05) is 31.5 Å². The first-order chi connectivity index (χ1) is 19.2. The topological polar surface area (TPSA) is 111 Å². The van der Waals surface area contributed by atoms with E-state index >= 15 is 0 Å². The maximum atomic E-state index is 14.3. The molecule has 0 saturated carbocycles. The summed E-state index contributed by atoms with van der Waals surface area (Å²) in [5, 5.41) is 16.3. The number of carbonyl (C=O) groups excluding carboxylic acids is 3. The largest absolute Gasteiger partial charge is 0.394 e. The van der Waals surface area contributed by atoms with Crippen LogP contribution in [-0.2, 0) is 25.5 Å². The highest BCUT2D eigenvalue weighted by molar-refractivity contribution is 6.04.